The first-order valence-corrected chi connectivity index (χ1v) is 6.03. The van der Waals surface area contributed by atoms with Crippen LogP contribution in [0.4, 0.5) is 5.82 Å². The number of nitrogens with zero attached hydrogens (tertiary/aromatic N) is 5. The van der Waals surface area contributed by atoms with Crippen molar-refractivity contribution in [3.63, 3.8) is 0 Å². The zero-order chi connectivity index (χ0) is 13.1. The van der Waals surface area contributed by atoms with Gasteiger partial charge in [0.15, 0.2) is 16.8 Å². The van der Waals surface area contributed by atoms with Gasteiger partial charge in [-0.3, -0.25) is 4.68 Å². The van der Waals surface area contributed by atoms with Gasteiger partial charge in [-0.25, -0.2) is 4.98 Å². The van der Waals surface area contributed by atoms with Crippen molar-refractivity contribution < 1.29 is 0 Å². The molecule has 2 rings (SSSR count). The third kappa shape index (κ3) is 2.76. The van der Waals surface area contributed by atoms with Gasteiger partial charge in [0.2, 0.25) is 0 Å². The lowest BCUT2D eigenvalue weighted by Crippen LogP contribution is -2.10. The normalized spacial score (nSPS) is 10.7. The van der Waals surface area contributed by atoms with E-state index in [0.717, 1.165) is 29.2 Å². The second kappa shape index (κ2) is 5.30. The Morgan fingerprint density at radius 3 is 2.72 bits per heavy atom. The Morgan fingerprint density at radius 2 is 2.06 bits per heavy atom. The Hall–Kier alpha value is -1.69. The van der Waals surface area contributed by atoms with E-state index in [1.165, 1.54) is 0 Å². The van der Waals surface area contributed by atoms with Crippen molar-refractivity contribution in [2.24, 2.45) is 7.05 Å². The van der Waals surface area contributed by atoms with Crippen LogP contribution in [0.5, 0.6) is 0 Å². The van der Waals surface area contributed by atoms with Crippen LogP contribution in [0.1, 0.15) is 17.0 Å². The van der Waals surface area contributed by atoms with E-state index >= 15 is 0 Å². The Bertz CT molecular complexity index is 550. The minimum absolute atomic E-state index is 0.449. The van der Waals surface area contributed by atoms with Crippen molar-refractivity contribution in [2.45, 2.75) is 20.3 Å². The summed E-state index contributed by atoms with van der Waals surface area (Å²) in [5, 5.41) is 15.8. The third-order valence-corrected chi connectivity index (χ3v) is 3.11. The van der Waals surface area contributed by atoms with Crippen LogP contribution in [0.25, 0.3) is 0 Å². The predicted molar refractivity (Wildman–Crippen MR) is 69.7 cm³/mol. The molecule has 0 aromatic carbocycles. The van der Waals surface area contributed by atoms with E-state index in [1.54, 1.807) is 11.0 Å². The van der Waals surface area contributed by atoms with Gasteiger partial charge in [0, 0.05) is 20.0 Å². The molecule has 0 saturated carbocycles. The van der Waals surface area contributed by atoms with Gasteiger partial charge in [-0.05, 0) is 25.0 Å². The van der Waals surface area contributed by atoms with E-state index in [2.05, 4.69) is 25.6 Å². The van der Waals surface area contributed by atoms with Crippen molar-refractivity contribution in [1.29, 1.82) is 0 Å². The molecule has 0 bridgehead atoms. The summed E-state index contributed by atoms with van der Waals surface area (Å²) in [5.74, 6) is 1.56. The van der Waals surface area contributed by atoms with E-state index in [4.69, 9.17) is 11.6 Å². The molecule has 2 aromatic rings. The largest absolute Gasteiger partial charge is 0.368 e. The highest BCUT2D eigenvalue weighted by Gasteiger charge is 2.07. The zero-order valence-electron chi connectivity index (χ0n) is 10.6. The fourth-order valence-corrected chi connectivity index (χ4v) is 1.71. The van der Waals surface area contributed by atoms with Gasteiger partial charge < -0.3 is 5.32 Å². The molecule has 0 fully saturated rings. The second-order valence-corrected chi connectivity index (χ2v) is 4.46. The van der Waals surface area contributed by atoms with E-state index < -0.39 is 0 Å². The highest BCUT2D eigenvalue weighted by atomic mass is 35.5. The molecule has 0 saturated heterocycles. The smallest absolute Gasteiger partial charge is 0.155 e. The number of rotatable bonds is 4. The summed E-state index contributed by atoms with van der Waals surface area (Å²) < 4.78 is 1.69. The predicted octanol–water partition coefficient (Wildman–Crippen LogP) is 1.53. The number of aryl methyl sites for hydroxylation is 1. The van der Waals surface area contributed by atoms with Gasteiger partial charge in [-0.2, -0.15) is 5.10 Å². The summed E-state index contributed by atoms with van der Waals surface area (Å²) in [7, 11) is 1.85. The highest BCUT2D eigenvalue weighted by molar-refractivity contribution is 6.30. The maximum atomic E-state index is 5.89. The summed E-state index contributed by atoms with van der Waals surface area (Å²) in [6.07, 6.45) is 2.43. The highest BCUT2D eigenvalue weighted by Crippen LogP contribution is 2.20. The Morgan fingerprint density at radius 1 is 1.28 bits per heavy atom. The third-order valence-electron chi connectivity index (χ3n) is 2.75. The monoisotopic (exact) mass is 266 g/mol. The van der Waals surface area contributed by atoms with E-state index in [9.17, 15) is 0 Å². The van der Waals surface area contributed by atoms with Crippen molar-refractivity contribution in [2.75, 3.05) is 11.9 Å². The maximum absolute atomic E-state index is 5.89. The van der Waals surface area contributed by atoms with Crippen LogP contribution in [0.15, 0.2) is 6.33 Å². The van der Waals surface area contributed by atoms with Crippen molar-refractivity contribution in [3.05, 3.63) is 28.4 Å². The first kappa shape index (κ1) is 12.8. The summed E-state index contributed by atoms with van der Waals surface area (Å²) in [6, 6.07) is 0. The van der Waals surface area contributed by atoms with E-state index in [1.807, 2.05) is 20.9 Å². The van der Waals surface area contributed by atoms with Crippen LogP contribution < -0.4 is 5.32 Å². The van der Waals surface area contributed by atoms with Gasteiger partial charge in [-0.1, -0.05) is 11.6 Å². The van der Waals surface area contributed by atoms with Gasteiger partial charge in [0.05, 0.1) is 0 Å². The van der Waals surface area contributed by atoms with Crippen LogP contribution in [-0.2, 0) is 13.5 Å². The summed E-state index contributed by atoms with van der Waals surface area (Å²) in [5.41, 5.74) is 1.97. The maximum Gasteiger partial charge on any atom is 0.155 e. The molecule has 0 aliphatic carbocycles. The standard InChI is InChI=1S/C11H15ClN6/c1-7-8(2)11(16-15-10(7)12)13-5-4-9-14-6-18(3)17-9/h6H,4-5H2,1-3H3,(H,13,16). The number of halogens is 1. The van der Waals surface area contributed by atoms with Gasteiger partial charge >= 0.3 is 0 Å². The van der Waals surface area contributed by atoms with Crippen molar-refractivity contribution in [3.8, 4) is 0 Å². The minimum atomic E-state index is 0.449. The number of aromatic nitrogens is 5. The van der Waals surface area contributed by atoms with E-state index in [-0.39, 0.29) is 0 Å². The average molecular weight is 267 g/mol. The average Bonchev–Trinajstić information content (AvgIpc) is 2.75. The van der Waals surface area contributed by atoms with Gasteiger partial charge in [-0.15, -0.1) is 10.2 Å². The number of hydrogen-bond donors (Lipinski definition) is 1. The van der Waals surface area contributed by atoms with Crippen molar-refractivity contribution >= 4 is 17.4 Å². The first-order chi connectivity index (χ1) is 8.58. The summed E-state index contributed by atoms with van der Waals surface area (Å²) >= 11 is 5.89. The molecule has 2 aromatic heterocycles. The molecule has 0 aliphatic rings. The minimum Gasteiger partial charge on any atom is -0.368 e. The summed E-state index contributed by atoms with van der Waals surface area (Å²) in [6.45, 7) is 4.61. The molecule has 0 amide bonds. The van der Waals surface area contributed by atoms with E-state index in [0.29, 0.717) is 11.7 Å². The lowest BCUT2D eigenvalue weighted by atomic mass is 10.2. The molecular weight excluding hydrogens is 252 g/mol. The molecule has 0 spiro atoms. The van der Waals surface area contributed by atoms with Crippen LogP contribution >= 0.6 is 11.6 Å². The molecule has 1 N–H and O–H groups in total. The van der Waals surface area contributed by atoms with Crippen LogP contribution in [0, 0.1) is 13.8 Å². The topological polar surface area (TPSA) is 68.5 Å². The molecule has 0 aliphatic heterocycles. The first-order valence-electron chi connectivity index (χ1n) is 5.65. The van der Waals surface area contributed by atoms with Gasteiger partial charge in [0.25, 0.3) is 0 Å². The molecule has 18 heavy (non-hydrogen) atoms. The van der Waals surface area contributed by atoms with Gasteiger partial charge in [0.1, 0.15) is 6.33 Å². The number of nitrogens with one attached hydrogen (secondary N) is 1. The summed E-state index contributed by atoms with van der Waals surface area (Å²) in [4.78, 5) is 4.16. The number of hydrogen-bond acceptors (Lipinski definition) is 5. The van der Waals surface area contributed by atoms with Crippen LogP contribution in [-0.4, -0.2) is 31.5 Å². The van der Waals surface area contributed by atoms with Crippen LogP contribution in [0.2, 0.25) is 5.15 Å². The lowest BCUT2D eigenvalue weighted by Gasteiger charge is -2.09. The molecule has 7 heteroatoms. The molecule has 0 unspecified atom stereocenters. The Labute approximate surface area is 110 Å². The van der Waals surface area contributed by atoms with Crippen molar-refractivity contribution in [1.82, 2.24) is 25.0 Å². The Balaban J connectivity index is 1.96. The molecule has 96 valence electrons. The molecule has 6 nitrogen and oxygen atoms in total. The molecule has 0 radical (unpaired) electrons. The SMILES string of the molecule is Cc1c(Cl)nnc(NCCc2ncn(C)n2)c1C. The number of anilines is 1. The fourth-order valence-electron chi connectivity index (χ4n) is 1.54. The molecule has 2 heterocycles. The Kier molecular flexibility index (Phi) is 3.76. The second-order valence-electron chi connectivity index (χ2n) is 4.10. The lowest BCUT2D eigenvalue weighted by molar-refractivity contribution is 0.741. The quantitative estimate of drug-likeness (QED) is 0.909. The zero-order valence-corrected chi connectivity index (χ0v) is 11.4. The molecular formula is C11H15ClN6. The molecule has 0 atom stereocenters. The van der Waals surface area contributed by atoms with Crippen LogP contribution in [0.3, 0.4) is 0 Å². The fraction of sp³-hybridized carbons (Fsp3) is 0.455.